The molecule has 1 fully saturated rings. The number of aliphatic carboxylic acids is 1. The first-order valence-electron chi connectivity index (χ1n) is 5.64. The summed E-state index contributed by atoms with van der Waals surface area (Å²) in [5, 5.41) is 7.12. The van der Waals surface area contributed by atoms with Gasteiger partial charge in [-0.1, -0.05) is 13.8 Å². The van der Waals surface area contributed by atoms with Crippen molar-refractivity contribution in [1.29, 1.82) is 0 Å². The molecule has 0 aliphatic carbocycles. The number of carbonyl (C=O) groups excluding carboxylic acids is 1. The molecule has 0 spiro atoms. The van der Waals surface area contributed by atoms with E-state index in [0.29, 0.717) is 12.5 Å². The summed E-state index contributed by atoms with van der Waals surface area (Å²) < 4.78 is 36.8. The van der Waals surface area contributed by atoms with Gasteiger partial charge in [0, 0.05) is 0 Å². The highest BCUT2D eigenvalue weighted by Crippen LogP contribution is 2.28. The lowest BCUT2D eigenvalue weighted by atomic mass is 9.94. The molecule has 1 saturated heterocycles. The Morgan fingerprint density at radius 2 is 1.79 bits per heavy atom. The number of alkyl halides is 3. The van der Waals surface area contributed by atoms with E-state index in [1.807, 2.05) is 0 Å². The van der Waals surface area contributed by atoms with E-state index >= 15 is 0 Å². The van der Waals surface area contributed by atoms with E-state index in [1.165, 1.54) is 0 Å². The van der Waals surface area contributed by atoms with Crippen LogP contribution in [0.4, 0.5) is 13.2 Å². The van der Waals surface area contributed by atoms with Gasteiger partial charge in [0.05, 0.1) is 12.6 Å². The first kappa shape index (κ1) is 17.8. The zero-order chi connectivity index (χ0) is 15.4. The number of carbonyl (C=O) groups is 2. The standard InChI is InChI=1S/C9H17NO2.C2HF3O2/c1-6(2)4-7(10)8(11)9(3)5-12-9;3-2(4,5)1(6)7/h6-7H,4-5,10H2,1-3H3;(H,6,7)/t7-,9+;/m1./s1. The maximum atomic E-state index is 11.5. The zero-order valence-electron chi connectivity index (χ0n) is 11.0. The molecule has 0 aromatic carbocycles. The Balaban J connectivity index is 0.000000399. The molecule has 8 heteroatoms. The Kier molecular flexibility index (Phi) is 5.95. The SMILES string of the molecule is CC(C)C[C@@H](N)C(=O)[C@]1(C)CO1.O=C(O)C(F)(F)F. The number of halogens is 3. The largest absolute Gasteiger partial charge is 0.490 e. The van der Waals surface area contributed by atoms with Crippen molar-refractivity contribution < 1.29 is 32.6 Å². The summed E-state index contributed by atoms with van der Waals surface area (Å²) in [5.74, 6) is -2.24. The van der Waals surface area contributed by atoms with Crippen molar-refractivity contribution in [1.82, 2.24) is 0 Å². The van der Waals surface area contributed by atoms with Gasteiger partial charge in [0.2, 0.25) is 0 Å². The topological polar surface area (TPSA) is 92.9 Å². The second-order valence-corrected chi connectivity index (χ2v) is 4.92. The van der Waals surface area contributed by atoms with E-state index in [2.05, 4.69) is 13.8 Å². The molecule has 0 unspecified atom stereocenters. The van der Waals surface area contributed by atoms with Crippen molar-refractivity contribution >= 4 is 11.8 Å². The van der Waals surface area contributed by atoms with Crippen LogP contribution in [0.1, 0.15) is 27.2 Å². The minimum atomic E-state index is -5.08. The number of ketones is 1. The summed E-state index contributed by atoms with van der Waals surface area (Å²) in [6.07, 6.45) is -4.34. The minimum Gasteiger partial charge on any atom is -0.475 e. The minimum absolute atomic E-state index is 0.0520. The molecule has 0 aromatic heterocycles. The molecule has 112 valence electrons. The molecule has 0 bridgehead atoms. The summed E-state index contributed by atoms with van der Waals surface area (Å²) in [4.78, 5) is 20.4. The van der Waals surface area contributed by atoms with Gasteiger partial charge in [-0.3, -0.25) is 4.79 Å². The molecule has 1 heterocycles. The molecule has 3 N–H and O–H groups in total. The highest BCUT2D eigenvalue weighted by atomic mass is 19.4. The van der Waals surface area contributed by atoms with E-state index < -0.39 is 17.7 Å². The van der Waals surface area contributed by atoms with Gasteiger partial charge >= 0.3 is 12.1 Å². The summed E-state index contributed by atoms with van der Waals surface area (Å²) in [7, 11) is 0. The van der Waals surface area contributed by atoms with E-state index in [9.17, 15) is 18.0 Å². The normalized spacial score (nSPS) is 23.4. The van der Waals surface area contributed by atoms with Gasteiger partial charge in [-0.2, -0.15) is 13.2 Å². The van der Waals surface area contributed by atoms with Crippen LogP contribution in [-0.2, 0) is 14.3 Å². The number of carboxylic acid groups (broad SMARTS) is 1. The predicted octanol–water partition coefficient (Wildman–Crippen LogP) is 1.35. The second-order valence-electron chi connectivity index (χ2n) is 4.92. The zero-order valence-corrected chi connectivity index (χ0v) is 11.0. The summed E-state index contributed by atoms with van der Waals surface area (Å²) in [6, 6.07) is -0.350. The van der Waals surface area contributed by atoms with E-state index in [4.69, 9.17) is 20.4 Å². The van der Waals surface area contributed by atoms with Gasteiger partial charge in [-0.05, 0) is 19.3 Å². The Morgan fingerprint density at radius 1 is 1.42 bits per heavy atom. The third-order valence-corrected chi connectivity index (χ3v) is 2.40. The van der Waals surface area contributed by atoms with Crippen LogP contribution in [0, 0.1) is 5.92 Å². The van der Waals surface area contributed by atoms with Crippen LogP contribution in [0.5, 0.6) is 0 Å². The van der Waals surface area contributed by atoms with Crippen LogP contribution < -0.4 is 5.73 Å². The second kappa shape index (κ2) is 6.33. The molecule has 2 atom stereocenters. The summed E-state index contributed by atoms with van der Waals surface area (Å²) in [6.45, 7) is 6.46. The van der Waals surface area contributed by atoms with Gasteiger partial charge in [-0.15, -0.1) is 0 Å². The Bertz CT molecular complexity index is 337. The van der Waals surface area contributed by atoms with Gasteiger partial charge in [0.1, 0.15) is 5.60 Å². The quantitative estimate of drug-likeness (QED) is 0.761. The van der Waals surface area contributed by atoms with E-state index in [0.717, 1.165) is 6.42 Å². The lowest BCUT2D eigenvalue weighted by molar-refractivity contribution is -0.192. The van der Waals surface area contributed by atoms with E-state index in [-0.39, 0.29) is 11.8 Å². The lowest BCUT2D eigenvalue weighted by Crippen LogP contribution is -2.40. The molecule has 0 radical (unpaired) electrons. The highest BCUT2D eigenvalue weighted by molar-refractivity contribution is 5.93. The Morgan fingerprint density at radius 3 is 2.00 bits per heavy atom. The molecular weight excluding hydrogens is 267 g/mol. The molecule has 0 saturated carbocycles. The summed E-state index contributed by atoms with van der Waals surface area (Å²) in [5.41, 5.74) is 5.17. The molecule has 1 aliphatic heterocycles. The van der Waals surface area contributed by atoms with Crippen LogP contribution in [0.3, 0.4) is 0 Å². The average molecular weight is 285 g/mol. The fraction of sp³-hybridized carbons (Fsp3) is 0.818. The Labute approximate surface area is 108 Å². The summed E-state index contributed by atoms with van der Waals surface area (Å²) >= 11 is 0. The number of hydrogen-bond donors (Lipinski definition) is 2. The van der Waals surface area contributed by atoms with Gasteiger partial charge in [0.25, 0.3) is 0 Å². The van der Waals surface area contributed by atoms with Crippen LogP contribution >= 0.6 is 0 Å². The molecule has 19 heavy (non-hydrogen) atoms. The third kappa shape index (κ3) is 6.53. The van der Waals surface area contributed by atoms with Crippen molar-refractivity contribution in [3.63, 3.8) is 0 Å². The molecule has 0 amide bonds. The van der Waals surface area contributed by atoms with Crippen molar-refractivity contribution in [2.24, 2.45) is 11.7 Å². The fourth-order valence-corrected chi connectivity index (χ4v) is 1.26. The molecule has 5 nitrogen and oxygen atoms in total. The smallest absolute Gasteiger partial charge is 0.475 e. The van der Waals surface area contributed by atoms with Crippen LogP contribution in [0.25, 0.3) is 0 Å². The van der Waals surface area contributed by atoms with Gasteiger partial charge < -0.3 is 15.6 Å². The number of ether oxygens (including phenoxy) is 1. The number of Topliss-reactive ketones (excluding diaryl/α,β-unsaturated/α-hetero) is 1. The van der Waals surface area contributed by atoms with Crippen molar-refractivity contribution in [3.05, 3.63) is 0 Å². The average Bonchev–Trinajstić information content (AvgIpc) is 2.95. The molecule has 0 aromatic rings. The van der Waals surface area contributed by atoms with Gasteiger partial charge in [0.15, 0.2) is 5.78 Å². The maximum Gasteiger partial charge on any atom is 0.490 e. The monoisotopic (exact) mass is 285 g/mol. The fourth-order valence-electron chi connectivity index (χ4n) is 1.26. The van der Waals surface area contributed by atoms with Crippen molar-refractivity contribution in [3.8, 4) is 0 Å². The van der Waals surface area contributed by atoms with Crippen LogP contribution in [0.2, 0.25) is 0 Å². The number of nitrogens with two attached hydrogens (primary N) is 1. The molecule has 1 aliphatic rings. The number of hydrogen-bond acceptors (Lipinski definition) is 4. The van der Waals surface area contributed by atoms with Crippen LogP contribution in [0.15, 0.2) is 0 Å². The van der Waals surface area contributed by atoms with Gasteiger partial charge in [-0.25, -0.2) is 4.79 Å². The lowest BCUT2D eigenvalue weighted by Gasteiger charge is -2.14. The third-order valence-electron chi connectivity index (χ3n) is 2.40. The number of rotatable bonds is 4. The Hall–Kier alpha value is -1.15. The maximum absolute atomic E-state index is 11.5. The number of epoxide rings is 1. The first-order chi connectivity index (χ1) is 8.40. The molecule has 1 rings (SSSR count). The van der Waals surface area contributed by atoms with Crippen LogP contribution in [-0.4, -0.2) is 41.3 Å². The number of carboxylic acids is 1. The van der Waals surface area contributed by atoms with Crippen molar-refractivity contribution in [2.75, 3.05) is 6.61 Å². The highest BCUT2D eigenvalue weighted by Gasteiger charge is 2.48. The molecular formula is C11H18F3NO4. The predicted molar refractivity (Wildman–Crippen MR) is 60.5 cm³/mol. The van der Waals surface area contributed by atoms with Crippen molar-refractivity contribution in [2.45, 2.75) is 45.0 Å². The van der Waals surface area contributed by atoms with E-state index in [1.54, 1.807) is 6.92 Å². The first-order valence-corrected chi connectivity index (χ1v) is 5.64.